The summed E-state index contributed by atoms with van der Waals surface area (Å²) in [6.45, 7) is 7.77. The van der Waals surface area contributed by atoms with Gasteiger partial charge in [-0.1, -0.05) is 19.9 Å². The normalized spacial score (nSPS) is 11.2. The van der Waals surface area contributed by atoms with E-state index in [-0.39, 0.29) is 11.9 Å². The lowest BCUT2D eigenvalue weighted by atomic mass is 10.2. The number of nitrogens with zero attached hydrogens (tertiary/aromatic N) is 1. The third-order valence-corrected chi connectivity index (χ3v) is 2.08. The van der Waals surface area contributed by atoms with Gasteiger partial charge in [0.1, 0.15) is 0 Å². The molecule has 0 radical (unpaired) electrons. The molecule has 0 heterocycles. The second-order valence-electron chi connectivity index (χ2n) is 4.55. The number of rotatable bonds is 8. The number of carbonyl (C=O) groups is 2. The van der Waals surface area contributed by atoms with Crippen LogP contribution in [-0.2, 0) is 14.3 Å². The van der Waals surface area contributed by atoms with Gasteiger partial charge in [0.2, 0.25) is 5.91 Å². The van der Waals surface area contributed by atoms with Crippen molar-refractivity contribution in [3.63, 3.8) is 0 Å². The second kappa shape index (κ2) is 9.65. The van der Waals surface area contributed by atoms with Crippen LogP contribution in [0.15, 0.2) is 12.2 Å². The minimum absolute atomic E-state index is 0.00395. The fourth-order valence-electron chi connectivity index (χ4n) is 1.20. The lowest BCUT2D eigenvalue weighted by molar-refractivity contribution is -0.137. The van der Waals surface area contributed by atoms with Crippen LogP contribution in [0, 0.1) is 5.92 Å². The van der Waals surface area contributed by atoms with Crippen LogP contribution in [0.5, 0.6) is 0 Å². The first-order chi connectivity index (χ1) is 8.45. The molecule has 0 fully saturated rings. The van der Waals surface area contributed by atoms with Crippen LogP contribution in [0.3, 0.4) is 0 Å². The van der Waals surface area contributed by atoms with Gasteiger partial charge in [0.05, 0.1) is 13.2 Å². The van der Waals surface area contributed by atoms with Crippen molar-refractivity contribution in [2.24, 2.45) is 5.92 Å². The smallest absolute Gasteiger partial charge is 0.330 e. The molecule has 0 spiro atoms. The number of amides is 1. The Bertz CT molecular complexity index is 288. The number of esters is 1. The lowest BCUT2D eigenvalue weighted by Crippen LogP contribution is -2.36. The van der Waals surface area contributed by atoms with Gasteiger partial charge in [-0.25, -0.2) is 4.79 Å². The topological polar surface area (TPSA) is 58.6 Å². The summed E-state index contributed by atoms with van der Waals surface area (Å²) in [5.41, 5.74) is 0. The summed E-state index contributed by atoms with van der Waals surface area (Å²) in [5.74, 6) is 0.0915. The molecule has 0 saturated heterocycles. The van der Waals surface area contributed by atoms with Crippen molar-refractivity contribution in [3.05, 3.63) is 12.2 Å². The van der Waals surface area contributed by atoms with E-state index >= 15 is 0 Å². The van der Waals surface area contributed by atoms with Gasteiger partial charge in [-0.2, -0.15) is 0 Å². The summed E-state index contributed by atoms with van der Waals surface area (Å²) < 4.78 is 4.75. The molecule has 1 amide bonds. The Morgan fingerprint density at radius 1 is 1.39 bits per heavy atom. The summed E-state index contributed by atoms with van der Waals surface area (Å²) in [6.07, 6.45) is 3.07. The van der Waals surface area contributed by atoms with Crippen LogP contribution in [0.25, 0.3) is 0 Å². The zero-order chi connectivity index (χ0) is 14.0. The van der Waals surface area contributed by atoms with Crippen LogP contribution in [0.4, 0.5) is 0 Å². The number of likely N-dealkylation sites (N-methyl/N-ethyl adjacent to an activating group) is 1. The van der Waals surface area contributed by atoms with Crippen LogP contribution in [0.1, 0.15) is 20.8 Å². The van der Waals surface area contributed by atoms with Crippen LogP contribution >= 0.6 is 0 Å². The van der Waals surface area contributed by atoms with E-state index in [1.165, 1.54) is 6.08 Å². The van der Waals surface area contributed by atoms with Gasteiger partial charge < -0.3 is 10.1 Å². The Hall–Kier alpha value is -1.36. The van der Waals surface area contributed by atoms with Crippen molar-refractivity contribution < 1.29 is 14.3 Å². The van der Waals surface area contributed by atoms with Crippen molar-refractivity contribution in [3.8, 4) is 0 Å². The van der Waals surface area contributed by atoms with Crippen molar-refractivity contribution in [2.45, 2.75) is 20.8 Å². The van der Waals surface area contributed by atoms with E-state index in [0.29, 0.717) is 32.2 Å². The van der Waals surface area contributed by atoms with E-state index in [1.807, 2.05) is 25.8 Å². The predicted molar refractivity (Wildman–Crippen MR) is 71.1 cm³/mol. The molecule has 0 aromatic carbocycles. The van der Waals surface area contributed by atoms with Crippen LogP contribution < -0.4 is 5.32 Å². The van der Waals surface area contributed by atoms with Crippen molar-refractivity contribution in [1.29, 1.82) is 0 Å². The average Bonchev–Trinajstić information content (AvgIpc) is 2.26. The molecule has 5 nitrogen and oxygen atoms in total. The summed E-state index contributed by atoms with van der Waals surface area (Å²) in [7, 11) is 1.82. The van der Waals surface area contributed by atoms with Crippen molar-refractivity contribution in [2.75, 3.05) is 33.3 Å². The molecule has 0 aliphatic heterocycles. The minimum atomic E-state index is -0.352. The Morgan fingerprint density at radius 2 is 2.06 bits per heavy atom. The molecular weight excluding hydrogens is 232 g/mol. The molecule has 0 atom stereocenters. The zero-order valence-corrected chi connectivity index (χ0v) is 11.7. The molecule has 18 heavy (non-hydrogen) atoms. The number of hydrogen-bond donors (Lipinski definition) is 1. The molecule has 1 N–H and O–H groups in total. The minimum Gasteiger partial charge on any atom is -0.463 e. The summed E-state index contributed by atoms with van der Waals surface area (Å²) in [6, 6.07) is 0. The molecule has 0 aliphatic rings. The maximum atomic E-state index is 11.5. The first kappa shape index (κ1) is 16.6. The van der Waals surface area contributed by atoms with Gasteiger partial charge in [0.25, 0.3) is 0 Å². The number of ether oxygens (including phenoxy) is 1. The van der Waals surface area contributed by atoms with E-state index in [4.69, 9.17) is 4.74 Å². The fraction of sp³-hybridized carbons (Fsp3) is 0.692. The lowest BCUT2D eigenvalue weighted by Gasteiger charge is -2.14. The molecule has 104 valence electrons. The van der Waals surface area contributed by atoms with Crippen molar-refractivity contribution >= 4 is 11.9 Å². The Labute approximate surface area is 109 Å². The highest BCUT2D eigenvalue weighted by molar-refractivity contribution is 5.82. The highest BCUT2D eigenvalue weighted by atomic mass is 16.5. The molecule has 0 bridgehead atoms. The van der Waals surface area contributed by atoms with Crippen LogP contribution in [-0.4, -0.2) is 50.1 Å². The molecule has 0 saturated carbocycles. The Morgan fingerprint density at radius 3 is 2.61 bits per heavy atom. The highest BCUT2D eigenvalue weighted by Gasteiger charge is 2.05. The summed E-state index contributed by atoms with van der Waals surface area (Å²) in [5, 5.41) is 2.84. The Kier molecular flexibility index (Phi) is 8.92. The maximum Gasteiger partial charge on any atom is 0.330 e. The van der Waals surface area contributed by atoms with E-state index in [1.54, 1.807) is 13.0 Å². The maximum absolute atomic E-state index is 11.5. The molecule has 0 rings (SSSR count). The van der Waals surface area contributed by atoms with Crippen molar-refractivity contribution in [1.82, 2.24) is 10.2 Å². The SMILES string of the molecule is CCOC(=O)/C=C/CN(C)CC(=O)NCC(C)C. The van der Waals surface area contributed by atoms with E-state index in [0.717, 1.165) is 0 Å². The summed E-state index contributed by atoms with van der Waals surface area (Å²) >= 11 is 0. The fourth-order valence-corrected chi connectivity index (χ4v) is 1.20. The van der Waals surface area contributed by atoms with Gasteiger partial charge in [0.15, 0.2) is 0 Å². The average molecular weight is 256 g/mol. The van der Waals surface area contributed by atoms with E-state index in [2.05, 4.69) is 5.32 Å². The van der Waals surface area contributed by atoms with Crippen LogP contribution in [0.2, 0.25) is 0 Å². The van der Waals surface area contributed by atoms with Gasteiger partial charge in [0, 0.05) is 19.2 Å². The third-order valence-electron chi connectivity index (χ3n) is 2.08. The highest BCUT2D eigenvalue weighted by Crippen LogP contribution is 1.89. The zero-order valence-electron chi connectivity index (χ0n) is 11.7. The monoisotopic (exact) mass is 256 g/mol. The number of carbonyl (C=O) groups excluding carboxylic acids is 2. The first-order valence-corrected chi connectivity index (χ1v) is 6.24. The van der Waals surface area contributed by atoms with Gasteiger partial charge in [-0.15, -0.1) is 0 Å². The molecule has 0 aromatic heterocycles. The predicted octanol–water partition coefficient (Wildman–Crippen LogP) is 0.810. The van der Waals surface area contributed by atoms with E-state index in [9.17, 15) is 9.59 Å². The number of hydrogen-bond acceptors (Lipinski definition) is 4. The second-order valence-corrected chi connectivity index (χ2v) is 4.55. The van der Waals surface area contributed by atoms with Gasteiger partial charge >= 0.3 is 5.97 Å². The quantitative estimate of drug-likeness (QED) is 0.516. The molecule has 5 heteroatoms. The molecule has 0 unspecified atom stereocenters. The largest absolute Gasteiger partial charge is 0.463 e. The molecule has 0 aromatic rings. The number of nitrogens with one attached hydrogen (secondary N) is 1. The summed E-state index contributed by atoms with van der Waals surface area (Å²) in [4.78, 5) is 24.3. The van der Waals surface area contributed by atoms with Gasteiger partial charge in [-0.05, 0) is 19.9 Å². The molecule has 0 aliphatic carbocycles. The van der Waals surface area contributed by atoms with E-state index < -0.39 is 0 Å². The molecular formula is C13H24N2O3. The Balaban J connectivity index is 3.79. The van der Waals surface area contributed by atoms with Gasteiger partial charge in [-0.3, -0.25) is 9.69 Å². The third kappa shape index (κ3) is 9.84. The standard InChI is InChI=1S/C13H24N2O3/c1-5-18-13(17)7-6-8-15(4)10-12(16)14-9-11(2)3/h6-7,11H,5,8-10H2,1-4H3,(H,14,16)/b7-6+. The first-order valence-electron chi connectivity index (χ1n) is 6.24.